The van der Waals surface area contributed by atoms with Gasteiger partial charge in [0.15, 0.2) is 0 Å². The quantitative estimate of drug-likeness (QED) is 0.195. The third-order valence-corrected chi connectivity index (χ3v) is 5.01. The number of rotatable bonds is 14. The predicted molar refractivity (Wildman–Crippen MR) is 123 cm³/mol. The van der Waals surface area contributed by atoms with Crippen molar-refractivity contribution in [1.29, 1.82) is 0 Å². The molecule has 2 aromatic carbocycles. The Labute approximate surface area is 176 Å². The molecule has 2 rings (SSSR count). The van der Waals surface area contributed by atoms with Crippen LogP contribution < -0.4 is 4.74 Å². The number of nitrogens with zero attached hydrogens (tertiary/aromatic N) is 2. The second-order valence-corrected chi connectivity index (χ2v) is 7.60. The maximum absolute atomic E-state index is 5.77. The van der Waals surface area contributed by atoms with E-state index in [2.05, 4.69) is 41.9 Å². The third-order valence-electron chi connectivity index (χ3n) is 4.69. The highest BCUT2D eigenvalue weighted by atomic mass is 32.1. The molecule has 2 aromatic rings. The van der Waals surface area contributed by atoms with E-state index < -0.39 is 0 Å². The molecule has 0 bridgehead atoms. The average molecular weight is 399 g/mol. The van der Waals surface area contributed by atoms with Gasteiger partial charge in [-0.3, -0.25) is 0 Å². The van der Waals surface area contributed by atoms with Gasteiger partial charge in [0, 0.05) is 0 Å². The fourth-order valence-corrected chi connectivity index (χ4v) is 3.19. The van der Waals surface area contributed by atoms with Crippen LogP contribution in [0.2, 0.25) is 0 Å². The lowest BCUT2D eigenvalue weighted by Gasteiger charge is -2.06. The summed E-state index contributed by atoms with van der Waals surface area (Å²) in [6, 6.07) is 16.2. The molecule has 0 atom stereocenters. The van der Waals surface area contributed by atoms with Crippen LogP contribution in [0.15, 0.2) is 58.8 Å². The van der Waals surface area contributed by atoms with Crippen molar-refractivity contribution < 1.29 is 4.74 Å². The molecule has 0 amide bonds. The Morgan fingerprint density at radius 2 is 1.32 bits per heavy atom. The molecule has 3 nitrogen and oxygen atoms in total. The van der Waals surface area contributed by atoms with E-state index in [1.54, 1.807) is 0 Å². The summed E-state index contributed by atoms with van der Waals surface area (Å²) >= 11 is 4.23. The van der Waals surface area contributed by atoms with Gasteiger partial charge < -0.3 is 4.74 Å². The maximum atomic E-state index is 5.77. The standard InChI is InChI=1S/C24H34N2OS/c1-2-3-4-7-10-21-11-13-22(14-12-21)25-26-23-15-17-24(18-16-23)27-19-8-5-6-9-20-28/h11-18,28H,2-10,19-20H2,1H3. The Morgan fingerprint density at radius 3 is 1.96 bits per heavy atom. The van der Waals surface area contributed by atoms with Crippen molar-refractivity contribution in [3.8, 4) is 5.75 Å². The molecule has 0 aromatic heterocycles. The number of thiol groups is 1. The van der Waals surface area contributed by atoms with Crippen LogP contribution in [-0.2, 0) is 6.42 Å². The van der Waals surface area contributed by atoms with Crippen molar-refractivity contribution in [3.05, 3.63) is 54.1 Å². The van der Waals surface area contributed by atoms with Crippen LogP contribution in [0, 0.1) is 0 Å². The van der Waals surface area contributed by atoms with Gasteiger partial charge in [-0.25, -0.2) is 0 Å². The summed E-state index contributed by atoms with van der Waals surface area (Å²) in [4.78, 5) is 0. The molecule has 0 N–H and O–H groups in total. The number of benzene rings is 2. The van der Waals surface area contributed by atoms with E-state index in [9.17, 15) is 0 Å². The van der Waals surface area contributed by atoms with Crippen LogP contribution in [0.5, 0.6) is 5.75 Å². The Hall–Kier alpha value is -1.81. The molecule has 0 saturated carbocycles. The average Bonchev–Trinajstić information content (AvgIpc) is 2.74. The zero-order chi connectivity index (χ0) is 19.9. The predicted octanol–water partition coefficient (Wildman–Crippen LogP) is 8.09. The molecule has 0 aliphatic heterocycles. The van der Waals surface area contributed by atoms with Crippen molar-refractivity contribution in [1.82, 2.24) is 0 Å². The van der Waals surface area contributed by atoms with Gasteiger partial charge in [-0.05, 0) is 73.4 Å². The minimum atomic E-state index is 0.762. The zero-order valence-corrected chi connectivity index (χ0v) is 18.0. The summed E-state index contributed by atoms with van der Waals surface area (Å²) in [5.74, 6) is 1.86. The van der Waals surface area contributed by atoms with Crippen LogP contribution in [0.25, 0.3) is 0 Å². The first-order chi connectivity index (χ1) is 13.8. The van der Waals surface area contributed by atoms with E-state index in [1.807, 2.05) is 36.4 Å². The molecule has 0 fully saturated rings. The Morgan fingerprint density at radius 1 is 0.714 bits per heavy atom. The maximum Gasteiger partial charge on any atom is 0.119 e. The number of aryl methyl sites for hydroxylation is 1. The number of hydrogen-bond acceptors (Lipinski definition) is 4. The van der Waals surface area contributed by atoms with Crippen molar-refractivity contribution in [2.24, 2.45) is 10.2 Å². The normalized spacial score (nSPS) is 11.2. The van der Waals surface area contributed by atoms with E-state index in [-0.39, 0.29) is 0 Å². The molecule has 0 aliphatic carbocycles. The van der Waals surface area contributed by atoms with Crippen LogP contribution in [0.4, 0.5) is 11.4 Å². The van der Waals surface area contributed by atoms with E-state index in [0.717, 1.165) is 42.3 Å². The lowest BCUT2D eigenvalue weighted by molar-refractivity contribution is 0.305. The fourth-order valence-electron chi connectivity index (χ4n) is 2.97. The minimum Gasteiger partial charge on any atom is -0.494 e. The van der Waals surface area contributed by atoms with E-state index in [0.29, 0.717) is 0 Å². The molecule has 152 valence electrons. The number of unbranched alkanes of at least 4 members (excludes halogenated alkanes) is 6. The Balaban J connectivity index is 1.73. The molecule has 0 unspecified atom stereocenters. The summed E-state index contributed by atoms with van der Waals surface area (Å²) in [7, 11) is 0. The summed E-state index contributed by atoms with van der Waals surface area (Å²) in [5.41, 5.74) is 3.10. The van der Waals surface area contributed by atoms with E-state index in [1.165, 1.54) is 50.5 Å². The molecule has 0 saturated heterocycles. The van der Waals surface area contributed by atoms with Crippen LogP contribution in [0.1, 0.15) is 63.9 Å². The SMILES string of the molecule is CCCCCCc1ccc(N=Nc2ccc(OCCCCCCS)cc2)cc1. The smallest absolute Gasteiger partial charge is 0.119 e. The molecule has 0 aliphatic rings. The third kappa shape index (κ3) is 9.41. The van der Waals surface area contributed by atoms with Gasteiger partial charge in [-0.15, -0.1) is 0 Å². The minimum absolute atomic E-state index is 0.762. The van der Waals surface area contributed by atoms with Crippen molar-refractivity contribution >= 4 is 24.0 Å². The van der Waals surface area contributed by atoms with Crippen LogP contribution in [0.3, 0.4) is 0 Å². The first-order valence-electron chi connectivity index (χ1n) is 10.7. The molecular weight excluding hydrogens is 364 g/mol. The van der Waals surface area contributed by atoms with Gasteiger partial charge in [-0.1, -0.05) is 51.2 Å². The lowest BCUT2D eigenvalue weighted by Crippen LogP contribution is -1.96. The highest BCUT2D eigenvalue weighted by molar-refractivity contribution is 7.80. The summed E-state index contributed by atoms with van der Waals surface area (Å²) < 4.78 is 5.77. The lowest BCUT2D eigenvalue weighted by atomic mass is 10.1. The van der Waals surface area contributed by atoms with Gasteiger partial charge in [0.05, 0.1) is 18.0 Å². The molecule has 0 spiro atoms. The summed E-state index contributed by atoms with van der Waals surface area (Å²) in [5, 5.41) is 8.67. The summed E-state index contributed by atoms with van der Waals surface area (Å²) in [6.07, 6.45) is 11.0. The van der Waals surface area contributed by atoms with Crippen LogP contribution >= 0.6 is 12.6 Å². The van der Waals surface area contributed by atoms with Gasteiger partial charge in [0.1, 0.15) is 5.75 Å². The number of azo groups is 1. The van der Waals surface area contributed by atoms with Gasteiger partial charge in [0.25, 0.3) is 0 Å². The molecule has 0 heterocycles. The van der Waals surface area contributed by atoms with Gasteiger partial charge >= 0.3 is 0 Å². The first-order valence-corrected chi connectivity index (χ1v) is 11.3. The van der Waals surface area contributed by atoms with E-state index >= 15 is 0 Å². The zero-order valence-electron chi connectivity index (χ0n) is 17.1. The van der Waals surface area contributed by atoms with Gasteiger partial charge in [0.2, 0.25) is 0 Å². The van der Waals surface area contributed by atoms with E-state index in [4.69, 9.17) is 4.74 Å². The number of ether oxygens (including phenoxy) is 1. The van der Waals surface area contributed by atoms with Crippen molar-refractivity contribution in [2.45, 2.75) is 64.7 Å². The molecule has 28 heavy (non-hydrogen) atoms. The topological polar surface area (TPSA) is 34.0 Å². The molecular formula is C24H34N2OS. The molecule has 0 radical (unpaired) electrons. The largest absolute Gasteiger partial charge is 0.494 e. The first kappa shape index (κ1) is 22.5. The number of hydrogen-bond donors (Lipinski definition) is 1. The van der Waals surface area contributed by atoms with Crippen LogP contribution in [-0.4, -0.2) is 12.4 Å². The van der Waals surface area contributed by atoms with Gasteiger partial charge in [-0.2, -0.15) is 22.9 Å². The Kier molecular flexibility index (Phi) is 11.4. The van der Waals surface area contributed by atoms with Crippen molar-refractivity contribution in [2.75, 3.05) is 12.4 Å². The molecule has 4 heteroatoms. The Bertz CT molecular complexity index is 668. The monoisotopic (exact) mass is 398 g/mol. The highest BCUT2D eigenvalue weighted by Crippen LogP contribution is 2.22. The highest BCUT2D eigenvalue weighted by Gasteiger charge is 1.97. The second kappa shape index (κ2) is 14.2. The fraction of sp³-hybridized carbons (Fsp3) is 0.500. The van der Waals surface area contributed by atoms with Crippen molar-refractivity contribution in [3.63, 3.8) is 0 Å². The second-order valence-electron chi connectivity index (χ2n) is 7.16. The summed E-state index contributed by atoms with van der Waals surface area (Å²) in [6.45, 7) is 3.01.